The number of aromatic nitrogens is 1. The number of aromatic amines is 1. The van der Waals surface area contributed by atoms with Crippen LogP contribution >= 0.6 is 11.3 Å². The zero-order valence-corrected chi connectivity index (χ0v) is 26.3. The van der Waals surface area contributed by atoms with Crippen molar-refractivity contribution in [2.45, 2.75) is 0 Å². The summed E-state index contributed by atoms with van der Waals surface area (Å²) in [5.74, 6) is 0. The zero-order valence-electron chi connectivity index (χ0n) is 25.4. The molecule has 2 nitrogen and oxygen atoms in total. The van der Waals surface area contributed by atoms with Gasteiger partial charge in [0.1, 0.15) is 0 Å². The van der Waals surface area contributed by atoms with Crippen LogP contribution in [0.5, 0.6) is 0 Å². The summed E-state index contributed by atoms with van der Waals surface area (Å²) >= 11 is 1.87. The summed E-state index contributed by atoms with van der Waals surface area (Å²) in [4.78, 5) is 6.18. The van der Waals surface area contributed by atoms with E-state index in [1.807, 2.05) is 11.3 Å². The summed E-state index contributed by atoms with van der Waals surface area (Å²) in [7, 11) is 0. The molecule has 0 amide bonds. The lowest BCUT2D eigenvalue weighted by Crippen LogP contribution is -2.09. The number of fused-ring (bicyclic) bond motifs is 8. The second kappa shape index (κ2) is 10.3. The first-order valence-corrected chi connectivity index (χ1v) is 16.8. The number of nitrogens with zero attached hydrogens (tertiary/aromatic N) is 1. The molecule has 10 aromatic rings. The lowest BCUT2D eigenvalue weighted by molar-refractivity contribution is 1.30. The fraction of sp³-hybridized carbons (Fsp3) is 0. The first-order valence-electron chi connectivity index (χ1n) is 16.0. The Morgan fingerprint density at radius 2 is 1.02 bits per heavy atom. The minimum atomic E-state index is 1.13. The van der Waals surface area contributed by atoms with Gasteiger partial charge < -0.3 is 9.88 Å². The van der Waals surface area contributed by atoms with Crippen molar-refractivity contribution in [3.63, 3.8) is 0 Å². The third kappa shape index (κ3) is 4.25. The van der Waals surface area contributed by atoms with E-state index in [4.69, 9.17) is 0 Å². The van der Waals surface area contributed by atoms with Crippen LogP contribution in [0.2, 0.25) is 0 Å². The third-order valence-electron chi connectivity index (χ3n) is 9.55. The Hall–Kier alpha value is -5.90. The van der Waals surface area contributed by atoms with Crippen LogP contribution in [-0.4, -0.2) is 4.98 Å². The Morgan fingerprint density at radius 3 is 1.79 bits per heavy atom. The van der Waals surface area contributed by atoms with Crippen LogP contribution in [0, 0.1) is 0 Å². The molecule has 220 valence electrons. The smallest absolute Gasteiger partial charge is 0.0544 e. The maximum absolute atomic E-state index is 3.80. The van der Waals surface area contributed by atoms with Gasteiger partial charge >= 0.3 is 0 Å². The highest BCUT2D eigenvalue weighted by Gasteiger charge is 2.17. The van der Waals surface area contributed by atoms with Gasteiger partial charge in [-0.05, 0) is 81.7 Å². The van der Waals surface area contributed by atoms with E-state index in [1.165, 1.54) is 69.1 Å². The normalized spacial score (nSPS) is 11.8. The summed E-state index contributed by atoms with van der Waals surface area (Å²) < 4.78 is 2.65. The van der Waals surface area contributed by atoms with Crippen LogP contribution in [0.3, 0.4) is 0 Å². The van der Waals surface area contributed by atoms with Crippen LogP contribution in [0.25, 0.3) is 74.6 Å². The number of benzene rings is 8. The second-order valence-corrected chi connectivity index (χ2v) is 13.4. The molecule has 0 fully saturated rings. The fourth-order valence-corrected chi connectivity index (χ4v) is 8.41. The summed E-state index contributed by atoms with van der Waals surface area (Å²) in [6.07, 6.45) is 0. The molecule has 0 atom stereocenters. The molecule has 10 rings (SSSR count). The van der Waals surface area contributed by atoms with Crippen LogP contribution < -0.4 is 4.90 Å². The van der Waals surface area contributed by atoms with E-state index in [9.17, 15) is 0 Å². The molecule has 0 aliphatic rings. The number of nitrogens with one attached hydrogen (secondary N) is 1. The van der Waals surface area contributed by atoms with Gasteiger partial charge in [0.15, 0.2) is 0 Å². The molecular formula is C44H28N2S. The SMILES string of the molecule is c1ccc2cc(N(c3ccc4ccccc4c3)c3ccc4[nH]c5c(-c6ccc7c(c6)sc6ccccc67)cccc5c4c3)ccc2c1. The molecule has 2 heterocycles. The van der Waals surface area contributed by atoms with E-state index in [0.29, 0.717) is 0 Å². The zero-order chi connectivity index (χ0) is 30.9. The van der Waals surface area contributed by atoms with Gasteiger partial charge in [-0.15, -0.1) is 11.3 Å². The van der Waals surface area contributed by atoms with E-state index in [1.54, 1.807) is 0 Å². The maximum Gasteiger partial charge on any atom is 0.0544 e. The van der Waals surface area contributed by atoms with Crippen molar-refractivity contribution in [2.75, 3.05) is 4.90 Å². The van der Waals surface area contributed by atoms with Crippen molar-refractivity contribution in [1.82, 2.24) is 4.98 Å². The molecule has 0 aliphatic heterocycles. The van der Waals surface area contributed by atoms with Crippen LogP contribution in [0.1, 0.15) is 0 Å². The van der Waals surface area contributed by atoms with Gasteiger partial charge in [-0.1, -0.05) is 109 Å². The van der Waals surface area contributed by atoms with Crippen molar-refractivity contribution in [3.05, 3.63) is 164 Å². The van der Waals surface area contributed by atoms with E-state index < -0.39 is 0 Å². The molecule has 1 N–H and O–H groups in total. The molecule has 2 aromatic heterocycles. The predicted octanol–water partition coefficient (Wildman–Crippen LogP) is 13.1. The highest BCUT2D eigenvalue weighted by atomic mass is 32.1. The molecule has 0 aliphatic carbocycles. The molecule has 0 radical (unpaired) electrons. The minimum Gasteiger partial charge on any atom is -0.354 e. The molecule has 0 saturated carbocycles. The van der Waals surface area contributed by atoms with Gasteiger partial charge in [0.25, 0.3) is 0 Å². The Labute approximate surface area is 275 Å². The van der Waals surface area contributed by atoms with Crippen molar-refractivity contribution < 1.29 is 0 Å². The molecule has 0 unspecified atom stereocenters. The Morgan fingerprint density at radius 1 is 0.404 bits per heavy atom. The Bertz CT molecular complexity index is 2740. The van der Waals surface area contributed by atoms with Crippen molar-refractivity contribution in [3.8, 4) is 11.1 Å². The number of rotatable bonds is 4. The second-order valence-electron chi connectivity index (χ2n) is 12.3. The molecule has 3 heteroatoms. The van der Waals surface area contributed by atoms with E-state index in [-0.39, 0.29) is 0 Å². The van der Waals surface area contributed by atoms with Crippen molar-refractivity contribution in [2.24, 2.45) is 0 Å². The largest absolute Gasteiger partial charge is 0.354 e. The third-order valence-corrected chi connectivity index (χ3v) is 10.7. The molecule has 0 saturated heterocycles. The number of H-pyrrole nitrogens is 1. The predicted molar refractivity (Wildman–Crippen MR) is 204 cm³/mol. The summed E-state index contributed by atoms with van der Waals surface area (Å²) in [6.45, 7) is 0. The summed E-state index contributed by atoms with van der Waals surface area (Å²) in [6, 6.07) is 59.8. The van der Waals surface area contributed by atoms with Crippen LogP contribution in [0.4, 0.5) is 17.1 Å². The van der Waals surface area contributed by atoms with Gasteiger partial charge in [-0.3, -0.25) is 0 Å². The number of hydrogen-bond donors (Lipinski definition) is 1. The van der Waals surface area contributed by atoms with Gasteiger partial charge in [-0.25, -0.2) is 0 Å². The highest BCUT2D eigenvalue weighted by molar-refractivity contribution is 7.25. The molecule has 0 bridgehead atoms. The quantitative estimate of drug-likeness (QED) is 0.208. The van der Waals surface area contributed by atoms with Gasteiger partial charge in [0, 0.05) is 59.1 Å². The summed E-state index contributed by atoms with van der Waals surface area (Å²) in [5.41, 5.74) is 8.15. The van der Waals surface area contributed by atoms with Crippen molar-refractivity contribution in [1.29, 1.82) is 0 Å². The highest BCUT2D eigenvalue weighted by Crippen LogP contribution is 2.42. The van der Waals surface area contributed by atoms with E-state index in [0.717, 1.165) is 22.6 Å². The monoisotopic (exact) mass is 616 g/mol. The van der Waals surface area contributed by atoms with Crippen LogP contribution in [0.15, 0.2) is 164 Å². The average Bonchev–Trinajstić information content (AvgIpc) is 3.69. The number of anilines is 3. The molecular weight excluding hydrogens is 589 g/mol. The van der Waals surface area contributed by atoms with E-state index in [2.05, 4.69) is 174 Å². The number of hydrogen-bond acceptors (Lipinski definition) is 2. The number of para-hydroxylation sites is 1. The lowest BCUT2D eigenvalue weighted by Gasteiger charge is -2.26. The van der Waals surface area contributed by atoms with Crippen molar-refractivity contribution >= 4 is 91.9 Å². The molecule has 47 heavy (non-hydrogen) atoms. The molecule has 0 spiro atoms. The maximum atomic E-state index is 3.80. The van der Waals surface area contributed by atoms with Crippen LogP contribution in [-0.2, 0) is 0 Å². The first-order chi connectivity index (χ1) is 23.3. The lowest BCUT2D eigenvalue weighted by atomic mass is 10.0. The minimum absolute atomic E-state index is 1.13. The van der Waals surface area contributed by atoms with Gasteiger partial charge in [-0.2, -0.15) is 0 Å². The number of thiophene rings is 1. The Kier molecular flexibility index (Phi) is 5.78. The fourth-order valence-electron chi connectivity index (χ4n) is 7.26. The standard InChI is InChI=1S/C44H28N2S/c1-3-10-30-24-33(19-16-28(30)8-1)46(34-20-17-29-9-2-4-11-31(29)25-34)35-21-23-41-40(27-35)39-14-7-13-36(44(39)45-41)32-18-22-38-37-12-5-6-15-42(37)47-43(38)26-32/h1-27,45H. The summed E-state index contributed by atoms with van der Waals surface area (Å²) in [5, 5.41) is 10.0. The topological polar surface area (TPSA) is 19.0 Å². The van der Waals surface area contributed by atoms with E-state index >= 15 is 0 Å². The van der Waals surface area contributed by atoms with Gasteiger partial charge in [0.2, 0.25) is 0 Å². The average molecular weight is 617 g/mol. The van der Waals surface area contributed by atoms with Gasteiger partial charge in [0.05, 0.1) is 5.52 Å². The Balaban J connectivity index is 1.15. The molecule has 8 aromatic carbocycles. The first kappa shape index (κ1) is 26.3.